The number of β-amino-alcohol motifs (C(OH)–C–C–N with tert-alkyl or cyclic N) is 1. The Kier molecular flexibility index (Phi) is 4.29. The van der Waals surface area contributed by atoms with Crippen molar-refractivity contribution in [3.63, 3.8) is 0 Å². The maximum atomic E-state index is 12.6. The number of halogens is 3. The molecule has 0 spiro atoms. The topological polar surface area (TPSA) is 40.5 Å². The van der Waals surface area contributed by atoms with Gasteiger partial charge in [0.05, 0.1) is 12.3 Å². The molecular weight excluding hydrogens is 291 g/mol. The van der Waals surface area contributed by atoms with Crippen LogP contribution in [-0.2, 0) is 4.79 Å². The Bertz CT molecular complexity index is 480. The average molecular weight is 305 g/mol. The Morgan fingerprint density at radius 2 is 2.00 bits per heavy atom. The third-order valence-electron chi connectivity index (χ3n) is 3.23. The summed E-state index contributed by atoms with van der Waals surface area (Å²) in [7, 11) is 0. The SMILES string of the molecule is O=C(CSc1ccccc1)N1CC[C@](O)(C(F)(F)F)C1. The zero-order chi connectivity index (χ0) is 14.8. The van der Waals surface area contributed by atoms with E-state index in [9.17, 15) is 23.1 Å². The minimum Gasteiger partial charge on any atom is -0.379 e. The number of aliphatic hydroxyl groups is 1. The van der Waals surface area contributed by atoms with Crippen molar-refractivity contribution in [2.24, 2.45) is 0 Å². The molecule has 0 saturated carbocycles. The molecule has 1 heterocycles. The third kappa shape index (κ3) is 3.27. The number of hydrogen-bond donors (Lipinski definition) is 1. The normalized spacial score (nSPS) is 23.1. The average Bonchev–Trinajstić information content (AvgIpc) is 2.81. The molecule has 7 heteroatoms. The van der Waals surface area contributed by atoms with Crippen molar-refractivity contribution in [3.05, 3.63) is 30.3 Å². The summed E-state index contributed by atoms with van der Waals surface area (Å²) in [6, 6.07) is 9.15. The number of rotatable bonds is 3. The molecule has 0 aromatic heterocycles. The van der Waals surface area contributed by atoms with E-state index in [0.29, 0.717) is 0 Å². The first-order chi connectivity index (χ1) is 9.32. The van der Waals surface area contributed by atoms with E-state index < -0.39 is 24.7 Å². The lowest BCUT2D eigenvalue weighted by Crippen LogP contribution is -2.48. The van der Waals surface area contributed by atoms with Crippen LogP contribution < -0.4 is 0 Å². The molecule has 0 aliphatic carbocycles. The van der Waals surface area contributed by atoms with E-state index >= 15 is 0 Å². The van der Waals surface area contributed by atoms with Crippen molar-refractivity contribution < 1.29 is 23.1 Å². The van der Waals surface area contributed by atoms with Gasteiger partial charge >= 0.3 is 6.18 Å². The lowest BCUT2D eigenvalue weighted by molar-refractivity contribution is -0.253. The van der Waals surface area contributed by atoms with Gasteiger partial charge in [0.25, 0.3) is 0 Å². The fourth-order valence-corrected chi connectivity index (χ4v) is 2.81. The van der Waals surface area contributed by atoms with Gasteiger partial charge in [-0.05, 0) is 12.1 Å². The predicted molar refractivity (Wildman–Crippen MR) is 69.4 cm³/mol. The van der Waals surface area contributed by atoms with Gasteiger partial charge in [0.2, 0.25) is 5.91 Å². The summed E-state index contributed by atoms with van der Waals surface area (Å²) in [5, 5.41) is 9.51. The third-order valence-corrected chi connectivity index (χ3v) is 4.23. The number of amides is 1. The van der Waals surface area contributed by atoms with Gasteiger partial charge in [0.15, 0.2) is 5.60 Å². The van der Waals surface area contributed by atoms with Gasteiger partial charge in [-0.15, -0.1) is 11.8 Å². The molecule has 1 aromatic rings. The maximum Gasteiger partial charge on any atom is 0.419 e. The molecule has 1 amide bonds. The molecule has 0 unspecified atom stereocenters. The van der Waals surface area contributed by atoms with E-state index in [2.05, 4.69) is 0 Å². The molecular formula is C13H14F3NO2S. The molecule has 1 fully saturated rings. The highest BCUT2D eigenvalue weighted by atomic mass is 32.2. The van der Waals surface area contributed by atoms with Gasteiger partial charge in [-0.25, -0.2) is 0 Å². The molecule has 3 nitrogen and oxygen atoms in total. The van der Waals surface area contributed by atoms with Gasteiger partial charge in [0, 0.05) is 17.9 Å². The van der Waals surface area contributed by atoms with Crippen LogP contribution >= 0.6 is 11.8 Å². The fourth-order valence-electron chi connectivity index (χ4n) is 1.99. The minimum absolute atomic E-state index is 0.0653. The molecule has 1 aliphatic rings. The second-order valence-corrected chi connectivity index (χ2v) is 5.75. The van der Waals surface area contributed by atoms with Crippen molar-refractivity contribution in [2.75, 3.05) is 18.8 Å². The number of alkyl halides is 3. The van der Waals surface area contributed by atoms with Crippen LogP contribution in [0.1, 0.15) is 6.42 Å². The predicted octanol–water partition coefficient (Wildman–Crippen LogP) is 2.30. The Hall–Kier alpha value is -1.21. The Balaban J connectivity index is 1.89. The minimum atomic E-state index is -4.70. The molecule has 1 N–H and O–H groups in total. The van der Waals surface area contributed by atoms with Gasteiger partial charge in [0.1, 0.15) is 0 Å². The molecule has 1 aromatic carbocycles. The van der Waals surface area contributed by atoms with Crippen LogP contribution in [0.15, 0.2) is 35.2 Å². The van der Waals surface area contributed by atoms with Crippen LogP contribution in [-0.4, -0.2) is 46.5 Å². The van der Waals surface area contributed by atoms with Crippen molar-refractivity contribution in [3.8, 4) is 0 Å². The van der Waals surface area contributed by atoms with E-state index in [-0.39, 0.29) is 18.2 Å². The highest BCUT2D eigenvalue weighted by Gasteiger charge is 2.57. The van der Waals surface area contributed by atoms with Crippen molar-refractivity contribution >= 4 is 17.7 Å². The molecule has 1 aliphatic heterocycles. The maximum absolute atomic E-state index is 12.6. The Morgan fingerprint density at radius 3 is 2.55 bits per heavy atom. The lowest BCUT2D eigenvalue weighted by atomic mass is 10.0. The van der Waals surface area contributed by atoms with Crippen LogP contribution in [0.2, 0.25) is 0 Å². The molecule has 110 valence electrons. The lowest BCUT2D eigenvalue weighted by Gasteiger charge is -2.25. The highest BCUT2D eigenvalue weighted by Crippen LogP contribution is 2.37. The van der Waals surface area contributed by atoms with Crippen LogP contribution in [0, 0.1) is 0 Å². The molecule has 0 radical (unpaired) electrons. The van der Waals surface area contributed by atoms with Crippen molar-refractivity contribution in [1.29, 1.82) is 0 Å². The van der Waals surface area contributed by atoms with E-state index in [1.807, 2.05) is 30.3 Å². The number of hydrogen-bond acceptors (Lipinski definition) is 3. The second-order valence-electron chi connectivity index (χ2n) is 4.70. The Morgan fingerprint density at radius 1 is 1.35 bits per heavy atom. The molecule has 0 bridgehead atoms. The first kappa shape index (κ1) is 15.2. The first-order valence-corrected chi connectivity index (χ1v) is 7.05. The Labute approximate surface area is 118 Å². The van der Waals surface area contributed by atoms with E-state index in [0.717, 1.165) is 9.80 Å². The second kappa shape index (κ2) is 5.65. The van der Waals surface area contributed by atoms with E-state index in [4.69, 9.17) is 0 Å². The van der Waals surface area contributed by atoms with Crippen LogP contribution in [0.4, 0.5) is 13.2 Å². The van der Waals surface area contributed by atoms with Crippen molar-refractivity contribution in [1.82, 2.24) is 4.90 Å². The van der Waals surface area contributed by atoms with Crippen LogP contribution in [0.5, 0.6) is 0 Å². The van der Waals surface area contributed by atoms with Crippen LogP contribution in [0.3, 0.4) is 0 Å². The summed E-state index contributed by atoms with van der Waals surface area (Å²) in [5.74, 6) is -0.322. The zero-order valence-electron chi connectivity index (χ0n) is 10.6. The standard InChI is InChI=1S/C13H14F3NO2S/c14-13(15,16)12(19)6-7-17(9-12)11(18)8-20-10-4-2-1-3-5-10/h1-5,19H,6-9H2/t12-/m1/s1. The number of likely N-dealkylation sites (tertiary alicyclic amines) is 1. The quantitative estimate of drug-likeness (QED) is 0.871. The first-order valence-electron chi connectivity index (χ1n) is 6.06. The van der Waals surface area contributed by atoms with Gasteiger partial charge in [-0.1, -0.05) is 18.2 Å². The smallest absolute Gasteiger partial charge is 0.379 e. The van der Waals surface area contributed by atoms with Gasteiger partial charge in [-0.2, -0.15) is 13.2 Å². The number of benzene rings is 1. The summed E-state index contributed by atoms with van der Waals surface area (Å²) in [4.78, 5) is 13.8. The summed E-state index contributed by atoms with van der Waals surface area (Å²) in [5.41, 5.74) is -2.76. The number of carbonyl (C=O) groups excluding carboxylic acids is 1. The summed E-state index contributed by atoms with van der Waals surface area (Å²) < 4.78 is 37.9. The number of thioether (sulfide) groups is 1. The monoisotopic (exact) mass is 305 g/mol. The summed E-state index contributed by atoms with van der Waals surface area (Å²) >= 11 is 1.27. The summed E-state index contributed by atoms with van der Waals surface area (Å²) in [6.07, 6.45) is -5.16. The van der Waals surface area contributed by atoms with Crippen molar-refractivity contribution in [2.45, 2.75) is 23.1 Å². The zero-order valence-corrected chi connectivity index (χ0v) is 11.4. The number of carbonyl (C=O) groups is 1. The van der Waals surface area contributed by atoms with E-state index in [1.54, 1.807) is 0 Å². The molecule has 1 atom stereocenters. The fraction of sp³-hybridized carbons (Fsp3) is 0.462. The van der Waals surface area contributed by atoms with Crippen LogP contribution in [0.25, 0.3) is 0 Å². The molecule has 20 heavy (non-hydrogen) atoms. The van der Waals surface area contributed by atoms with Gasteiger partial charge in [-0.3, -0.25) is 4.79 Å². The highest BCUT2D eigenvalue weighted by molar-refractivity contribution is 8.00. The van der Waals surface area contributed by atoms with Gasteiger partial charge < -0.3 is 10.0 Å². The number of nitrogens with zero attached hydrogens (tertiary/aromatic N) is 1. The largest absolute Gasteiger partial charge is 0.419 e. The molecule has 2 rings (SSSR count). The molecule has 1 saturated heterocycles. The summed E-state index contributed by atoms with van der Waals surface area (Å²) in [6.45, 7) is -0.741. The van der Waals surface area contributed by atoms with E-state index in [1.165, 1.54) is 11.8 Å².